The second-order valence-corrected chi connectivity index (χ2v) is 12.1. The first-order chi connectivity index (χ1) is 16.8. The quantitative estimate of drug-likeness (QED) is 0.219. The zero-order chi connectivity index (χ0) is 24.9. The largest absolute Gasteiger partial charge is 0.506 e. The van der Waals surface area contributed by atoms with E-state index in [0.717, 1.165) is 16.2 Å². The number of benzene rings is 4. The van der Waals surface area contributed by atoms with Crippen LogP contribution in [0.4, 0.5) is 11.4 Å². The summed E-state index contributed by atoms with van der Waals surface area (Å²) in [6.45, 7) is 6.30. The maximum atomic E-state index is 14.2. The summed E-state index contributed by atoms with van der Waals surface area (Å²) in [6.07, 6.45) is -0.0156. The average molecular weight is 485 g/mol. The van der Waals surface area contributed by atoms with E-state index < -0.39 is 7.14 Å². The Kier molecular flexibility index (Phi) is 7.18. The number of phenols is 1. The van der Waals surface area contributed by atoms with E-state index in [0.29, 0.717) is 17.1 Å². The van der Waals surface area contributed by atoms with Crippen molar-refractivity contribution in [1.29, 1.82) is 0 Å². The van der Waals surface area contributed by atoms with Crippen LogP contribution in [0.15, 0.2) is 113 Å². The first kappa shape index (κ1) is 24.4. The van der Waals surface area contributed by atoms with Crippen molar-refractivity contribution in [3.63, 3.8) is 0 Å². The molecule has 4 rings (SSSR count). The topological polar surface area (TPSA) is 71.2 Å². The van der Waals surface area contributed by atoms with Gasteiger partial charge in [0.05, 0.1) is 0 Å². The minimum absolute atomic E-state index is 0.0156. The van der Waals surface area contributed by atoms with Gasteiger partial charge in [-0.2, -0.15) is 0 Å². The highest BCUT2D eigenvalue weighted by Crippen LogP contribution is 2.44. The molecule has 4 aromatic rings. The molecule has 0 aliphatic rings. The third kappa shape index (κ3) is 5.70. The van der Waals surface area contributed by atoms with Gasteiger partial charge in [0.1, 0.15) is 29.2 Å². The van der Waals surface area contributed by atoms with E-state index in [9.17, 15) is 9.67 Å². The van der Waals surface area contributed by atoms with Crippen LogP contribution in [0.3, 0.4) is 0 Å². The van der Waals surface area contributed by atoms with Crippen molar-refractivity contribution in [2.75, 3.05) is 6.35 Å². The molecule has 0 aliphatic heterocycles. The molecule has 35 heavy (non-hydrogen) atoms. The third-order valence-corrected chi connectivity index (χ3v) is 8.48. The first-order valence-electron chi connectivity index (χ1n) is 11.4. The molecule has 178 valence electrons. The summed E-state index contributed by atoms with van der Waals surface area (Å²) >= 11 is 0. The van der Waals surface area contributed by atoms with E-state index in [-0.39, 0.29) is 17.5 Å². The number of phenolic OH excluding ortho intramolecular Hbond substituents is 1. The molecule has 0 heterocycles. The summed E-state index contributed by atoms with van der Waals surface area (Å²) < 4.78 is 20.4. The highest BCUT2D eigenvalue weighted by Gasteiger charge is 2.28. The van der Waals surface area contributed by atoms with E-state index in [4.69, 9.17) is 4.74 Å². The fraction of sp³-hybridized carbons (Fsp3) is 0.172. The van der Waals surface area contributed by atoms with E-state index in [2.05, 4.69) is 31.0 Å². The first-order valence-corrected chi connectivity index (χ1v) is 13.3. The monoisotopic (exact) mass is 484 g/mol. The van der Waals surface area contributed by atoms with Gasteiger partial charge in [0.15, 0.2) is 7.14 Å². The molecule has 0 saturated carbocycles. The van der Waals surface area contributed by atoms with Crippen LogP contribution in [0, 0.1) is 0 Å². The van der Waals surface area contributed by atoms with Gasteiger partial charge >= 0.3 is 0 Å². The van der Waals surface area contributed by atoms with Crippen molar-refractivity contribution in [1.82, 2.24) is 0 Å². The molecule has 0 saturated heterocycles. The molecule has 1 N–H and O–H groups in total. The Labute approximate surface area is 206 Å². The van der Waals surface area contributed by atoms with Crippen LogP contribution < -0.4 is 15.3 Å². The van der Waals surface area contributed by atoms with Crippen LogP contribution in [0.2, 0.25) is 0 Å². The fourth-order valence-corrected chi connectivity index (χ4v) is 5.86. The highest BCUT2D eigenvalue weighted by molar-refractivity contribution is 7.78. The number of hydrogen-bond acceptors (Lipinski definition) is 5. The Morgan fingerprint density at radius 3 is 1.89 bits per heavy atom. The van der Waals surface area contributed by atoms with Crippen molar-refractivity contribution >= 4 is 29.1 Å². The SMILES string of the molecule is CC(C)(C)c1ccc(O)c(N=Nc2ccccc2OCP(=O)(c2ccccc2)c2ccccc2)c1. The van der Waals surface area contributed by atoms with Crippen molar-refractivity contribution in [2.45, 2.75) is 26.2 Å². The lowest BCUT2D eigenvalue weighted by Crippen LogP contribution is -2.20. The zero-order valence-corrected chi connectivity index (χ0v) is 21.0. The second-order valence-electron chi connectivity index (χ2n) is 9.31. The van der Waals surface area contributed by atoms with Crippen LogP contribution in [0.5, 0.6) is 11.5 Å². The van der Waals surface area contributed by atoms with Gasteiger partial charge in [-0.1, -0.05) is 99.6 Å². The molecular formula is C29H29N2O3P. The van der Waals surface area contributed by atoms with Gasteiger partial charge in [-0.25, -0.2) is 0 Å². The highest BCUT2D eigenvalue weighted by atomic mass is 31.2. The van der Waals surface area contributed by atoms with Crippen molar-refractivity contribution in [3.8, 4) is 11.5 Å². The molecule has 0 unspecified atom stereocenters. The molecule has 0 atom stereocenters. The minimum Gasteiger partial charge on any atom is -0.506 e. The molecule has 0 aliphatic carbocycles. The summed E-state index contributed by atoms with van der Waals surface area (Å²) in [6, 6.07) is 31.4. The van der Waals surface area contributed by atoms with E-state index in [1.807, 2.05) is 84.9 Å². The average Bonchev–Trinajstić information content (AvgIpc) is 2.87. The smallest absolute Gasteiger partial charge is 0.178 e. The number of hydrogen-bond donors (Lipinski definition) is 1. The Bertz CT molecular complexity index is 1320. The molecule has 6 heteroatoms. The number of ether oxygens (including phenoxy) is 1. The maximum absolute atomic E-state index is 14.2. The summed E-state index contributed by atoms with van der Waals surface area (Å²) in [5.41, 5.74) is 1.82. The minimum atomic E-state index is -3.05. The lowest BCUT2D eigenvalue weighted by Gasteiger charge is -2.20. The lowest BCUT2D eigenvalue weighted by atomic mass is 9.87. The number of nitrogens with zero attached hydrogens (tertiary/aromatic N) is 2. The van der Waals surface area contributed by atoms with Gasteiger partial charge in [0.2, 0.25) is 0 Å². The summed E-state index contributed by atoms with van der Waals surface area (Å²) in [5, 5.41) is 20.4. The van der Waals surface area contributed by atoms with Crippen LogP contribution >= 0.6 is 7.14 Å². The molecule has 5 nitrogen and oxygen atoms in total. The number of para-hydroxylation sites is 1. The van der Waals surface area contributed by atoms with Gasteiger partial charge in [0.25, 0.3) is 0 Å². The second kappa shape index (κ2) is 10.3. The van der Waals surface area contributed by atoms with Crippen molar-refractivity contribution < 1.29 is 14.4 Å². The van der Waals surface area contributed by atoms with Crippen LogP contribution in [0.1, 0.15) is 26.3 Å². The van der Waals surface area contributed by atoms with E-state index >= 15 is 0 Å². The van der Waals surface area contributed by atoms with Crippen molar-refractivity contribution in [3.05, 3.63) is 109 Å². The molecular weight excluding hydrogens is 455 g/mol. The fourth-order valence-electron chi connectivity index (χ4n) is 3.64. The predicted molar refractivity (Wildman–Crippen MR) is 143 cm³/mol. The predicted octanol–water partition coefficient (Wildman–Crippen LogP) is 7.46. The van der Waals surface area contributed by atoms with Gasteiger partial charge < -0.3 is 14.4 Å². The molecule has 0 aromatic heterocycles. The van der Waals surface area contributed by atoms with Gasteiger partial charge in [-0.15, -0.1) is 10.2 Å². The molecule has 4 aromatic carbocycles. The summed E-state index contributed by atoms with van der Waals surface area (Å²) in [7, 11) is -3.05. The summed E-state index contributed by atoms with van der Waals surface area (Å²) in [4.78, 5) is 0. The van der Waals surface area contributed by atoms with Crippen LogP contribution in [-0.4, -0.2) is 11.5 Å². The number of rotatable bonds is 7. The third-order valence-electron chi connectivity index (χ3n) is 5.72. The maximum Gasteiger partial charge on any atom is 0.178 e. The number of azo groups is 1. The zero-order valence-electron chi connectivity index (χ0n) is 20.1. The van der Waals surface area contributed by atoms with Gasteiger partial charge in [-0.3, -0.25) is 0 Å². The summed E-state index contributed by atoms with van der Waals surface area (Å²) in [5.74, 6) is 0.521. The number of aromatic hydroxyl groups is 1. The van der Waals surface area contributed by atoms with E-state index in [1.165, 1.54) is 0 Å². The molecule has 0 fully saturated rings. The van der Waals surface area contributed by atoms with Crippen molar-refractivity contribution in [2.24, 2.45) is 10.2 Å². The van der Waals surface area contributed by atoms with Gasteiger partial charge in [0, 0.05) is 10.6 Å². The molecule has 0 bridgehead atoms. The molecule has 0 amide bonds. The Morgan fingerprint density at radius 1 is 0.743 bits per heavy atom. The molecule has 0 spiro atoms. The van der Waals surface area contributed by atoms with Gasteiger partial charge in [-0.05, 0) is 35.2 Å². The standard InChI is InChI=1S/C29H29N2O3P/c1-29(2,3)22-18-19-27(32)26(20-22)31-30-25-16-10-11-17-28(25)34-21-35(33,23-12-6-4-7-13-23)24-14-8-5-9-15-24/h4-20,32H,21H2,1-3H3. The Hall–Kier alpha value is -3.69. The Morgan fingerprint density at radius 2 is 1.29 bits per heavy atom. The van der Waals surface area contributed by atoms with Crippen LogP contribution in [-0.2, 0) is 9.98 Å². The molecule has 0 radical (unpaired) electrons. The van der Waals surface area contributed by atoms with E-state index in [1.54, 1.807) is 18.2 Å². The lowest BCUT2D eigenvalue weighted by molar-refractivity contribution is 0.381. The van der Waals surface area contributed by atoms with Crippen LogP contribution in [0.25, 0.3) is 0 Å². The normalized spacial score (nSPS) is 12.1. The Balaban J connectivity index is 1.63.